The molecule has 60 heavy (non-hydrogen) atoms. The average Bonchev–Trinajstić information content (AvgIpc) is 3.24. The van der Waals surface area contributed by atoms with Gasteiger partial charge in [-0.2, -0.15) is 5.26 Å². The highest BCUT2D eigenvalue weighted by molar-refractivity contribution is 5.80. The predicted molar refractivity (Wildman–Crippen MR) is 257 cm³/mol. The third kappa shape index (κ3) is 43.7. The Morgan fingerprint density at radius 1 is 0.550 bits per heavy atom. The zero-order valence-corrected chi connectivity index (χ0v) is 41.1. The van der Waals surface area contributed by atoms with Crippen LogP contribution in [-0.4, -0.2) is 80.7 Å². The fourth-order valence-electron chi connectivity index (χ4n) is 7.56. The molecule has 0 radical (unpaired) electrons. The Labute approximate surface area is 373 Å². The molecule has 0 heterocycles. The van der Waals surface area contributed by atoms with Gasteiger partial charge >= 0.3 is 11.9 Å². The monoisotopic (exact) mass is 848 g/mol. The van der Waals surface area contributed by atoms with E-state index in [0.29, 0.717) is 32.0 Å². The van der Waals surface area contributed by atoms with Gasteiger partial charge in [0.15, 0.2) is 6.19 Å². The number of aliphatic imine (C=N–C) groups is 1. The maximum Gasteiger partial charge on any atom is 0.306 e. The second-order valence-electron chi connectivity index (χ2n) is 17.1. The molecule has 9 nitrogen and oxygen atoms in total. The smallest absolute Gasteiger partial charge is 0.306 e. The minimum Gasteiger partial charge on any atom is -0.466 e. The highest BCUT2D eigenvalue weighted by atomic mass is 16.5. The maximum absolute atomic E-state index is 12.8. The Bertz CT molecular complexity index is 969. The van der Waals surface area contributed by atoms with Crippen molar-refractivity contribution in [3.8, 4) is 6.19 Å². The molecule has 0 aliphatic rings. The summed E-state index contributed by atoms with van der Waals surface area (Å²) in [5, 5.41) is 11.7. The van der Waals surface area contributed by atoms with E-state index in [4.69, 9.17) is 14.7 Å². The molecule has 0 atom stereocenters. The van der Waals surface area contributed by atoms with Crippen LogP contribution in [0.2, 0.25) is 0 Å². The molecule has 0 saturated heterocycles. The van der Waals surface area contributed by atoms with E-state index in [9.17, 15) is 9.59 Å². The van der Waals surface area contributed by atoms with Crippen molar-refractivity contribution >= 4 is 17.9 Å². The zero-order valence-electron chi connectivity index (χ0n) is 41.1. The highest BCUT2D eigenvalue weighted by Gasteiger charge is 2.14. The molecule has 0 spiro atoms. The van der Waals surface area contributed by atoms with Crippen LogP contribution in [0.4, 0.5) is 0 Å². The summed E-state index contributed by atoms with van der Waals surface area (Å²) in [4.78, 5) is 34.0. The normalized spacial score (nSPS) is 11.4. The van der Waals surface area contributed by atoms with Gasteiger partial charge in [-0.25, -0.2) is 0 Å². The molecule has 0 aliphatic carbocycles. The number of carbonyl (C=O) groups is 2. The summed E-state index contributed by atoms with van der Waals surface area (Å²) in [5.41, 5.74) is 0. The van der Waals surface area contributed by atoms with Gasteiger partial charge in [-0.1, -0.05) is 176 Å². The van der Waals surface area contributed by atoms with Crippen LogP contribution in [0.25, 0.3) is 0 Å². The van der Waals surface area contributed by atoms with Crippen LogP contribution in [0.3, 0.4) is 0 Å². The summed E-state index contributed by atoms with van der Waals surface area (Å²) in [5.74, 6) is 0.580. The first kappa shape index (κ1) is 59.8. The quantitative estimate of drug-likeness (QED) is 0.0161. The molecular formula is C51H101N5O4. The van der Waals surface area contributed by atoms with Crippen molar-refractivity contribution in [3.05, 3.63) is 0 Å². The Hall–Kier alpha value is -2.34. The fraction of sp³-hybridized carbons (Fsp3) is 0.922. The van der Waals surface area contributed by atoms with E-state index in [0.717, 1.165) is 103 Å². The number of ether oxygens (including phenoxy) is 2. The van der Waals surface area contributed by atoms with Crippen LogP contribution in [0.5, 0.6) is 0 Å². The zero-order chi connectivity index (χ0) is 44.6. The summed E-state index contributed by atoms with van der Waals surface area (Å²) in [6, 6.07) is 0. The van der Waals surface area contributed by atoms with Crippen LogP contribution >= 0.6 is 0 Å². The summed E-state index contributed by atoms with van der Waals surface area (Å²) >= 11 is 0. The summed E-state index contributed by atoms with van der Waals surface area (Å²) < 4.78 is 11.5. The number of nitriles is 1. The first-order chi connectivity index (χ1) is 29.4. The maximum atomic E-state index is 12.8. The lowest BCUT2D eigenvalue weighted by Crippen LogP contribution is -2.34. The van der Waals surface area contributed by atoms with Crippen molar-refractivity contribution in [1.82, 2.24) is 15.1 Å². The third-order valence-corrected chi connectivity index (χ3v) is 11.3. The number of esters is 2. The summed E-state index contributed by atoms with van der Waals surface area (Å²) in [6.07, 6.45) is 41.1. The van der Waals surface area contributed by atoms with Crippen LogP contribution < -0.4 is 5.32 Å². The topological polar surface area (TPSA) is 107 Å². The Kier molecular flexibility index (Phi) is 49.1. The molecule has 0 aliphatic heterocycles. The van der Waals surface area contributed by atoms with Gasteiger partial charge in [0, 0.05) is 33.5 Å². The van der Waals surface area contributed by atoms with Gasteiger partial charge in [0.05, 0.1) is 6.61 Å². The predicted octanol–water partition coefficient (Wildman–Crippen LogP) is 14.1. The number of carbonyl (C=O) groups excluding carboxylic acids is 2. The largest absolute Gasteiger partial charge is 0.466 e. The molecule has 0 aromatic carbocycles. The van der Waals surface area contributed by atoms with Crippen LogP contribution in [-0.2, 0) is 19.1 Å². The van der Waals surface area contributed by atoms with Crippen LogP contribution in [0.1, 0.15) is 253 Å². The lowest BCUT2D eigenvalue weighted by Gasteiger charge is -2.22. The van der Waals surface area contributed by atoms with Gasteiger partial charge in [0.2, 0.25) is 5.96 Å². The Morgan fingerprint density at radius 3 is 1.42 bits per heavy atom. The number of guanidine groups is 1. The van der Waals surface area contributed by atoms with E-state index in [1.54, 1.807) is 0 Å². The van der Waals surface area contributed by atoms with Crippen molar-refractivity contribution in [2.45, 2.75) is 259 Å². The van der Waals surface area contributed by atoms with Gasteiger partial charge in [-0.3, -0.25) is 19.9 Å². The van der Waals surface area contributed by atoms with Gasteiger partial charge in [-0.05, 0) is 83.8 Å². The SMILES string of the molecule is CC.CCCCCCCCCOC(=O)CCCCCCCN(CCCCCCCC(=O)OC(CCCCCCCC)CCCCCCCC)CCCN=C(NC#N)N(C)C. The van der Waals surface area contributed by atoms with E-state index in [2.05, 4.69) is 36.0 Å². The minimum atomic E-state index is -0.0339. The first-order valence-corrected chi connectivity index (χ1v) is 25.8. The van der Waals surface area contributed by atoms with Gasteiger partial charge in [0.25, 0.3) is 0 Å². The van der Waals surface area contributed by atoms with Gasteiger partial charge < -0.3 is 19.3 Å². The van der Waals surface area contributed by atoms with Gasteiger partial charge in [-0.15, -0.1) is 0 Å². The average molecular weight is 848 g/mol. The van der Waals surface area contributed by atoms with Crippen molar-refractivity contribution < 1.29 is 19.1 Å². The van der Waals surface area contributed by atoms with E-state index < -0.39 is 0 Å². The first-order valence-electron chi connectivity index (χ1n) is 25.8. The number of nitrogens with one attached hydrogen (secondary N) is 1. The van der Waals surface area contributed by atoms with E-state index in [1.807, 2.05) is 39.0 Å². The van der Waals surface area contributed by atoms with Gasteiger partial charge in [0.1, 0.15) is 6.10 Å². The molecule has 0 bridgehead atoms. The fourth-order valence-corrected chi connectivity index (χ4v) is 7.56. The van der Waals surface area contributed by atoms with Crippen LogP contribution in [0, 0.1) is 11.5 Å². The molecule has 1 N–H and O–H groups in total. The molecule has 0 fully saturated rings. The second kappa shape index (κ2) is 49.3. The number of rotatable bonds is 43. The van der Waals surface area contributed by atoms with E-state index >= 15 is 0 Å². The van der Waals surface area contributed by atoms with Crippen molar-refractivity contribution in [2.24, 2.45) is 4.99 Å². The third-order valence-electron chi connectivity index (χ3n) is 11.3. The number of hydrogen-bond donors (Lipinski definition) is 1. The molecule has 9 heteroatoms. The molecule has 0 saturated carbocycles. The summed E-state index contributed by atoms with van der Waals surface area (Å²) in [6.45, 7) is 15.2. The molecular weight excluding hydrogens is 747 g/mol. The molecule has 0 amide bonds. The van der Waals surface area contributed by atoms with Crippen molar-refractivity contribution in [1.29, 1.82) is 5.26 Å². The van der Waals surface area contributed by atoms with E-state index in [1.165, 1.54) is 122 Å². The lowest BCUT2D eigenvalue weighted by atomic mass is 10.0. The molecule has 0 unspecified atom stereocenters. The molecule has 0 aromatic heterocycles. The highest BCUT2D eigenvalue weighted by Crippen LogP contribution is 2.19. The number of nitrogens with zero attached hydrogens (tertiary/aromatic N) is 4. The Balaban J connectivity index is 0. The standard InChI is InChI=1S/C49H95N5O4.C2H6/c1-6-9-12-15-18-27-34-44-57-47(55)38-30-23-19-25-32-41-54(43-35-40-51-49(52-45-50)53(4)5)42-33-26-20-24-31-39-48(56)58-46(36-28-21-16-13-10-7-2)37-29-22-17-14-11-8-3;1-2/h46H,6-44H2,1-5H3,(H,51,52);1-2H3. The minimum absolute atomic E-state index is 0.0110. The summed E-state index contributed by atoms with van der Waals surface area (Å²) in [7, 11) is 3.79. The van der Waals surface area contributed by atoms with Crippen molar-refractivity contribution in [2.75, 3.05) is 46.9 Å². The lowest BCUT2D eigenvalue weighted by molar-refractivity contribution is -0.150. The number of hydrogen-bond acceptors (Lipinski definition) is 7. The number of unbranched alkanes of at least 4 members (excludes halogenated alkanes) is 24. The van der Waals surface area contributed by atoms with Crippen molar-refractivity contribution in [3.63, 3.8) is 0 Å². The second-order valence-corrected chi connectivity index (χ2v) is 17.1. The van der Waals surface area contributed by atoms with E-state index in [-0.39, 0.29) is 18.0 Å². The molecule has 354 valence electrons. The molecule has 0 rings (SSSR count). The Morgan fingerprint density at radius 2 is 0.950 bits per heavy atom. The van der Waals surface area contributed by atoms with Crippen LogP contribution in [0.15, 0.2) is 4.99 Å². The molecule has 0 aromatic rings.